The molecular formula is C12H17FO. The van der Waals surface area contributed by atoms with Crippen molar-refractivity contribution in [1.82, 2.24) is 0 Å². The fourth-order valence-electron chi connectivity index (χ4n) is 1.44. The maximum absolute atomic E-state index is 12.9. The second kappa shape index (κ2) is 5.11. The summed E-state index contributed by atoms with van der Waals surface area (Å²) in [6.45, 7) is 3.91. The van der Waals surface area contributed by atoms with E-state index in [9.17, 15) is 9.50 Å². The van der Waals surface area contributed by atoms with Crippen LogP contribution in [-0.4, -0.2) is 11.2 Å². The molecule has 1 aromatic rings. The monoisotopic (exact) mass is 196 g/mol. The Kier molecular flexibility index (Phi) is 4.08. The summed E-state index contributed by atoms with van der Waals surface area (Å²) in [5, 5.41) is 9.39. The highest BCUT2D eigenvalue weighted by Crippen LogP contribution is 2.13. The van der Waals surface area contributed by atoms with Gasteiger partial charge in [0.15, 0.2) is 0 Å². The lowest BCUT2D eigenvalue weighted by Crippen LogP contribution is -2.06. The molecule has 78 valence electrons. The zero-order valence-corrected chi connectivity index (χ0v) is 8.76. The first-order valence-corrected chi connectivity index (χ1v) is 5.06. The number of aliphatic hydroxyl groups is 1. The third kappa shape index (κ3) is 3.11. The van der Waals surface area contributed by atoms with Gasteiger partial charge in [-0.15, -0.1) is 0 Å². The molecule has 2 heteroatoms. The molecule has 0 saturated carbocycles. The van der Waals surface area contributed by atoms with Gasteiger partial charge in [0.05, 0.1) is 6.10 Å². The van der Waals surface area contributed by atoms with Crippen LogP contribution in [0.15, 0.2) is 18.2 Å². The van der Waals surface area contributed by atoms with Crippen molar-refractivity contribution >= 4 is 0 Å². The molecule has 0 heterocycles. The molecule has 14 heavy (non-hydrogen) atoms. The van der Waals surface area contributed by atoms with Gasteiger partial charge in [0.1, 0.15) is 5.82 Å². The van der Waals surface area contributed by atoms with Crippen molar-refractivity contribution in [3.8, 4) is 0 Å². The van der Waals surface area contributed by atoms with E-state index in [0.717, 1.165) is 24.0 Å². The molecule has 1 aromatic carbocycles. The van der Waals surface area contributed by atoms with Crippen LogP contribution in [0.5, 0.6) is 0 Å². The molecule has 0 radical (unpaired) electrons. The van der Waals surface area contributed by atoms with Crippen molar-refractivity contribution in [3.05, 3.63) is 35.1 Å². The first-order valence-electron chi connectivity index (χ1n) is 5.06. The normalized spacial score (nSPS) is 12.9. The summed E-state index contributed by atoms with van der Waals surface area (Å²) in [7, 11) is 0. The molecule has 0 fully saturated rings. The van der Waals surface area contributed by atoms with E-state index in [4.69, 9.17) is 0 Å². The van der Waals surface area contributed by atoms with Crippen molar-refractivity contribution in [2.24, 2.45) is 0 Å². The standard InChI is InChI=1S/C12H17FO/c1-3-12(14)7-5-10-8-11(13)6-4-9(10)2/h4,6,8,12,14H,3,5,7H2,1-2H3. The average molecular weight is 196 g/mol. The molecule has 0 amide bonds. The first-order chi connectivity index (χ1) is 6.63. The number of hydrogen-bond acceptors (Lipinski definition) is 1. The summed E-state index contributed by atoms with van der Waals surface area (Å²) in [4.78, 5) is 0. The summed E-state index contributed by atoms with van der Waals surface area (Å²) in [5.41, 5.74) is 2.09. The van der Waals surface area contributed by atoms with Gasteiger partial charge in [-0.3, -0.25) is 0 Å². The van der Waals surface area contributed by atoms with E-state index in [2.05, 4.69) is 0 Å². The van der Waals surface area contributed by atoms with Crippen molar-refractivity contribution in [1.29, 1.82) is 0 Å². The molecule has 1 N–H and O–H groups in total. The lowest BCUT2D eigenvalue weighted by molar-refractivity contribution is 0.160. The number of halogens is 1. The molecular weight excluding hydrogens is 179 g/mol. The Hall–Kier alpha value is -0.890. The molecule has 0 saturated heterocycles. The Morgan fingerprint density at radius 3 is 2.79 bits per heavy atom. The SMILES string of the molecule is CCC(O)CCc1cc(F)ccc1C. The van der Waals surface area contributed by atoms with E-state index in [1.807, 2.05) is 13.8 Å². The lowest BCUT2D eigenvalue weighted by atomic mass is 10.0. The Bertz CT molecular complexity index is 296. The van der Waals surface area contributed by atoms with Crippen LogP contribution in [0.2, 0.25) is 0 Å². The van der Waals surface area contributed by atoms with Crippen molar-refractivity contribution in [2.75, 3.05) is 0 Å². The maximum Gasteiger partial charge on any atom is 0.123 e. The molecule has 1 atom stereocenters. The predicted octanol–water partition coefficient (Wildman–Crippen LogP) is 2.84. The minimum absolute atomic E-state index is 0.198. The summed E-state index contributed by atoms with van der Waals surface area (Å²) in [6, 6.07) is 4.80. The Labute approximate surface area is 84.6 Å². The quantitative estimate of drug-likeness (QED) is 0.785. The molecule has 0 aliphatic carbocycles. The number of benzene rings is 1. The highest BCUT2D eigenvalue weighted by molar-refractivity contribution is 5.26. The second-order valence-corrected chi connectivity index (χ2v) is 3.67. The van der Waals surface area contributed by atoms with Gasteiger partial charge < -0.3 is 5.11 Å². The summed E-state index contributed by atoms with van der Waals surface area (Å²) < 4.78 is 12.9. The molecule has 1 nitrogen and oxygen atoms in total. The van der Waals surface area contributed by atoms with E-state index >= 15 is 0 Å². The fraction of sp³-hybridized carbons (Fsp3) is 0.500. The largest absolute Gasteiger partial charge is 0.393 e. The van der Waals surface area contributed by atoms with Crippen LogP contribution >= 0.6 is 0 Å². The molecule has 1 rings (SSSR count). The Balaban J connectivity index is 2.62. The van der Waals surface area contributed by atoms with Gasteiger partial charge in [-0.05, 0) is 49.4 Å². The number of aliphatic hydroxyl groups excluding tert-OH is 1. The van der Waals surface area contributed by atoms with Crippen molar-refractivity contribution in [3.63, 3.8) is 0 Å². The van der Waals surface area contributed by atoms with Crippen LogP contribution in [-0.2, 0) is 6.42 Å². The highest BCUT2D eigenvalue weighted by Gasteiger charge is 2.04. The molecule has 0 aliphatic rings. The molecule has 0 aromatic heterocycles. The summed E-state index contributed by atoms with van der Waals surface area (Å²) in [6.07, 6.45) is 1.95. The van der Waals surface area contributed by atoms with E-state index in [1.165, 1.54) is 6.07 Å². The molecule has 0 aliphatic heterocycles. The van der Waals surface area contributed by atoms with Gasteiger partial charge in [-0.25, -0.2) is 4.39 Å². The third-order valence-corrected chi connectivity index (χ3v) is 2.53. The van der Waals surface area contributed by atoms with Gasteiger partial charge in [0.25, 0.3) is 0 Å². The van der Waals surface area contributed by atoms with E-state index in [-0.39, 0.29) is 11.9 Å². The van der Waals surface area contributed by atoms with Crippen LogP contribution in [0.1, 0.15) is 30.9 Å². The third-order valence-electron chi connectivity index (χ3n) is 2.53. The topological polar surface area (TPSA) is 20.2 Å². The molecule has 1 unspecified atom stereocenters. The molecule has 0 spiro atoms. The molecule has 0 bridgehead atoms. The fourth-order valence-corrected chi connectivity index (χ4v) is 1.44. The second-order valence-electron chi connectivity index (χ2n) is 3.67. The summed E-state index contributed by atoms with van der Waals surface area (Å²) >= 11 is 0. The minimum atomic E-state index is -0.266. The smallest absolute Gasteiger partial charge is 0.123 e. The van der Waals surface area contributed by atoms with Crippen LogP contribution in [0.4, 0.5) is 4.39 Å². The van der Waals surface area contributed by atoms with Gasteiger partial charge in [0, 0.05) is 0 Å². The first kappa shape index (κ1) is 11.2. The van der Waals surface area contributed by atoms with Crippen LogP contribution in [0.3, 0.4) is 0 Å². The van der Waals surface area contributed by atoms with Gasteiger partial charge in [-0.1, -0.05) is 13.0 Å². The van der Waals surface area contributed by atoms with Gasteiger partial charge in [0.2, 0.25) is 0 Å². The van der Waals surface area contributed by atoms with Crippen LogP contribution in [0, 0.1) is 12.7 Å². The number of rotatable bonds is 4. The zero-order chi connectivity index (χ0) is 10.6. The van der Waals surface area contributed by atoms with Crippen molar-refractivity contribution in [2.45, 2.75) is 39.2 Å². The maximum atomic E-state index is 12.9. The zero-order valence-electron chi connectivity index (χ0n) is 8.76. The minimum Gasteiger partial charge on any atom is -0.393 e. The predicted molar refractivity (Wildman–Crippen MR) is 55.8 cm³/mol. The van der Waals surface area contributed by atoms with Crippen molar-refractivity contribution < 1.29 is 9.50 Å². The number of hydrogen-bond donors (Lipinski definition) is 1. The lowest BCUT2D eigenvalue weighted by Gasteiger charge is -2.09. The summed E-state index contributed by atoms with van der Waals surface area (Å²) in [5.74, 6) is -0.198. The van der Waals surface area contributed by atoms with Crippen LogP contribution < -0.4 is 0 Å². The number of aryl methyl sites for hydroxylation is 2. The average Bonchev–Trinajstić information content (AvgIpc) is 2.19. The Morgan fingerprint density at radius 1 is 1.43 bits per heavy atom. The van der Waals surface area contributed by atoms with E-state index in [1.54, 1.807) is 12.1 Å². The van der Waals surface area contributed by atoms with Gasteiger partial charge >= 0.3 is 0 Å². The van der Waals surface area contributed by atoms with E-state index in [0.29, 0.717) is 6.42 Å². The Morgan fingerprint density at radius 2 is 2.14 bits per heavy atom. The van der Waals surface area contributed by atoms with E-state index < -0.39 is 0 Å². The highest BCUT2D eigenvalue weighted by atomic mass is 19.1. The van der Waals surface area contributed by atoms with Crippen LogP contribution in [0.25, 0.3) is 0 Å². The van der Waals surface area contributed by atoms with Gasteiger partial charge in [-0.2, -0.15) is 0 Å².